The van der Waals surface area contributed by atoms with Crippen LogP contribution in [0.1, 0.15) is 21.7 Å². The molecule has 0 unspecified atom stereocenters. The molecule has 0 radical (unpaired) electrons. The molecule has 0 aliphatic heterocycles. The summed E-state index contributed by atoms with van der Waals surface area (Å²) < 4.78 is 1.56. The predicted molar refractivity (Wildman–Crippen MR) is 71.5 cm³/mol. The highest BCUT2D eigenvalue weighted by molar-refractivity contribution is 6.03. The molecule has 2 aromatic rings. The highest BCUT2D eigenvalue weighted by Crippen LogP contribution is 2.19. The van der Waals surface area contributed by atoms with Crippen LogP contribution in [-0.4, -0.2) is 15.7 Å². The average Bonchev–Trinajstić information content (AvgIpc) is 2.63. The van der Waals surface area contributed by atoms with Gasteiger partial charge in [0.05, 0.1) is 5.69 Å². The molecule has 0 spiro atoms. The number of aromatic nitrogens is 2. The Kier molecular flexibility index (Phi) is 3.06. The predicted octanol–water partition coefficient (Wildman–Crippen LogP) is 1.87. The van der Waals surface area contributed by atoms with Crippen molar-refractivity contribution in [3.8, 4) is 0 Å². The Morgan fingerprint density at radius 1 is 1.33 bits per heavy atom. The number of nitrogens with one attached hydrogen (secondary N) is 1. The summed E-state index contributed by atoms with van der Waals surface area (Å²) in [6.45, 7) is 3.77. The Hall–Kier alpha value is -2.30. The number of benzene rings is 1. The molecule has 0 aliphatic carbocycles. The van der Waals surface area contributed by atoms with E-state index in [0.717, 1.165) is 16.9 Å². The second kappa shape index (κ2) is 4.52. The fraction of sp³-hybridized carbons (Fsp3) is 0.231. The van der Waals surface area contributed by atoms with Crippen LogP contribution in [0.15, 0.2) is 24.3 Å². The highest BCUT2D eigenvalue weighted by Gasteiger charge is 2.12. The Morgan fingerprint density at radius 2 is 2.06 bits per heavy atom. The summed E-state index contributed by atoms with van der Waals surface area (Å²) in [5.41, 5.74) is 9.35. The normalized spacial score (nSPS) is 10.4. The van der Waals surface area contributed by atoms with Crippen LogP contribution in [0.2, 0.25) is 0 Å². The van der Waals surface area contributed by atoms with E-state index in [2.05, 4.69) is 10.4 Å². The van der Waals surface area contributed by atoms with E-state index in [1.165, 1.54) is 0 Å². The minimum Gasteiger partial charge on any atom is -0.399 e. The van der Waals surface area contributed by atoms with E-state index in [1.807, 2.05) is 19.9 Å². The summed E-state index contributed by atoms with van der Waals surface area (Å²) in [5, 5.41) is 6.99. The van der Waals surface area contributed by atoms with Crippen LogP contribution >= 0.6 is 0 Å². The Balaban J connectivity index is 2.26. The second-order valence-corrected chi connectivity index (χ2v) is 4.32. The lowest BCUT2D eigenvalue weighted by Crippen LogP contribution is -2.16. The highest BCUT2D eigenvalue weighted by atomic mass is 16.2. The molecule has 0 atom stereocenters. The number of rotatable bonds is 2. The van der Waals surface area contributed by atoms with Crippen LogP contribution in [0, 0.1) is 13.8 Å². The third-order valence-corrected chi connectivity index (χ3v) is 2.74. The maximum Gasteiger partial charge on any atom is 0.273 e. The van der Waals surface area contributed by atoms with Crippen molar-refractivity contribution in [2.45, 2.75) is 13.8 Å². The van der Waals surface area contributed by atoms with E-state index in [1.54, 1.807) is 29.9 Å². The number of carbonyl (C=O) groups is 1. The van der Waals surface area contributed by atoms with E-state index in [9.17, 15) is 4.79 Å². The third-order valence-electron chi connectivity index (χ3n) is 2.74. The molecular weight excluding hydrogens is 228 g/mol. The number of hydrogen-bond acceptors (Lipinski definition) is 3. The van der Waals surface area contributed by atoms with Crippen LogP contribution in [0.3, 0.4) is 0 Å². The van der Waals surface area contributed by atoms with Crippen LogP contribution in [0.5, 0.6) is 0 Å². The maximum atomic E-state index is 12.1. The Morgan fingerprint density at radius 3 is 2.67 bits per heavy atom. The van der Waals surface area contributed by atoms with Gasteiger partial charge in [0, 0.05) is 18.4 Å². The first kappa shape index (κ1) is 12.2. The minimum absolute atomic E-state index is 0.188. The number of nitrogen functional groups attached to an aromatic ring is 1. The van der Waals surface area contributed by atoms with Gasteiger partial charge in [-0.15, -0.1) is 0 Å². The molecule has 0 saturated carbocycles. The van der Waals surface area contributed by atoms with Crippen molar-refractivity contribution < 1.29 is 4.79 Å². The molecule has 1 aromatic heterocycles. The standard InChI is InChI=1S/C13H16N4O/c1-8-4-5-10(14)7-11(8)15-13(18)12-6-9(2)16-17(12)3/h4-7H,14H2,1-3H3,(H,15,18). The first-order valence-electron chi connectivity index (χ1n) is 5.65. The number of amides is 1. The molecule has 2 rings (SSSR count). The number of carbonyl (C=O) groups excluding carboxylic acids is 1. The van der Waals surface area contributed by atoms with Crippen LogP contribution in [-0.2, 0) is 7.05 Å². The maximum absolute atomic E-state index is 12.1. The summed E-state index contributed by atoms with van der Waals surface area (Å²) in [5.74, 6) is -0.188. The van der Waals surface area contributed by atoms with Crippen LogP contribution in [0.4, 0.5) is 11.4 Å². The van der Waals surface area contributed by atoms with Crippen molar-refractivity contribution in [3.63, 3.8) is 0 Å². The van der Waals surface area contributed by atoms with Crippen molar-refractivity contribution >= 4 is 17.3 Å². The number of nitrogens with two attached hydrogens (primary N) is 1. The van der Waals surface area contributed by atoms with Gasteiger partial charge in [0.2, 0.25) is 0 Å². The molecule has 5 heteroatoms. The van der Waals surface area contributed by atoms with Gasteiger partial charge in [-0.2, -0.15) is 5.10 Å². The summed E-state index contributed by atoms with van der Waals surface area (Å²) in [6.07, 6.45) is 0. The molecule has 18 heavy (non-hydrogen) atoms. The lowest BCUT2D eigenvalue weighted by Gasteiger charge is -2.09. The van der Waals surface area contributed by atoms with Gasteiger partial charge in [0.1, 0.15) is 5.69 Å². The third kappa shape index (κ3) is 2.34. The Bertz CT molecular complexity index is 601. The SMILES string of the molecule is Cc1cc(C(=O)Nc2cc(N)ccc2C)n(C)n1. The van der Waals surface area contributed by atoms with Gasteiger partial charge < -0.3 is 11.1 Å². The van der Waals surface area contributed by atoms with Crippen molar-refractivity contribution in [1.82, 2.24) is 9.78 Å². The molecule has 0 fully saturated rings. The molecule has 1 amide bonds. The summed E-state index contributed by atoms with van der Waals surface area (Å²) in [6, 6.07) is 7.17. The molecule has 0 aliphatic rings. The molecule has 0 bridgehead atoms. The average molecular weight is 244 g/mol. The molecular formula is C13H16N4O. The molecule has 94 valence electrons. The molecule has 3 N–H and O–H groups in total. The number of aryl methyl sites for hydroxylation is 3. The molecule has 0 saturated heterocycles. The van der Waals surface area contributed by atoms with Gasteiger partial charge in [-0.25, -0.2) is 0 Å². The summed E-state index contributed by atoms with van der Waals surface area (Å²) in [7, 11) is 1.74. The van der Waals surface area contributed by atoms with Crippen molar-refractivity contribution in [1.29, 1.82) is 0 Å². The number of anilines is 2. The quantitative estimate of drug-likeness (QED) is 0.792. The molecule has 5 nitrogen and oxygen atoms in total. The van der Waals surface area contributed by atoms with E-state index in [-0.39, 0.29) is 5.91 Å². The van der Waals surface area contributed by atoms with Gasteiger partial charge in [-0.05, 0) is 37.6 Å². The van der Waals surface area contributed by atoms with Crippen molar-refractivity contribution in [2.24, 2.45) is 7.05 Å². The van der Waals surface area contributed by atoms with Gasteiger partial charge in [-0.3, -0.25) is 9.48 Å². The lowest BCUT2D eigenvalue weighted by atomic mass is 10.2. The van der Waals surface area contributed by atoms with Crippen molar-refractivity contribution in [3.05, 3.63) is 41.2 Å². The second-order valence-electron chi connectivity index (χ2n) is 4.32. The van der Waals surface area contributed by atoms with Gasteiger partial charge in [0.25, 0.3) is 5.91 Å². The van der Waals surface area contributed by atoms with Crippen LogP contribution in [0.25, 0.3) is 0 Å². The number of hydrogen-bond donors (Lipinski definition) is 2. The van der Waals surface area contributed by atoms with Crippen LogP contribution < -0.4 is 11.1 Å². The zero-order chi connectivity index (χ0) is 13.3. The monoisotopic (exact) mass is 244 g/mol. The number of nitrogens with zero attached hydrogens (tertiary/aromatic N) is 2. The zero-order valence-electron chi connectivity index (χ0n) is 10.7. The summed E-state index contributed by atoms with van der Waals surface area (Å²) >= 11 is 0. The fourth-order valence-electron chi connectivity index (χ4n) is 1.78. The summed E-state index contributed by atoms with van der Waals surface area (Å²) in [4.78, 5) is 12.1. The molecule has 1 aromatic carbocycles. The van der Waals surface area contributed by atoms with E-state index in [4.69, 9.17) is 5.73 Å². The van der Waals surface area contributed by atoms with Gasteiger partial charge >= 0.3 is 0 Å². The fourth-order valence-corrected chi connectivity index (χ4v) is 1.78. The van der Waals surface area contributed by atoms with Gasteiger partial charge in [-0.1, -0.05) is 6.07 Å². The molecule has 1 heterocycles. The van der Waals surface area contributed by atoms with Gasteiger partial charge in [0.15, 0.2) is 0 Å². The first-order chi connectivity index (χ1) is 8.47. The lowest BCUT2D eigenvalue weighted by molar-refractivity contribution is 0.101. The first-order valence-corrected chi connectivity index (χ1v) is 5.65. The largest absolute Gasteiger partial charge is 0.399 e. The van der Waals surface area contributed by atoms with E-state index < -0.39 is 0 Å². The van der Waals surface area contributed by atoms with E-state index in [0.29, 0.717) is 11.4 Å². The topological polar surface area (TPSA) is 72.9 Å². The zero-order valence-corrected chi connectivity index (χ0v) is 10.7. The van der Waals surface area contributed by atoms with Crippen molar-refractivity contribution in [2.75, 3.05) is 11.1 Å². The minimum atomic E-state index is -0.188. The Labute approximate surface area is 106 Å². The smallest absolute Gasteiger partial charge is 0.273 e. The van der Waals surface area contributed by atoms with E-state index >= 15 is 0 Å².